The van der Waals surface area contributed by atoms with Crippen molar-refractivity contribution in [1.29, 1.82) is 0 Å². The van der Waals surface area contributed by atoms with Crippen LogP contribution >= 0.6 is 11.6 Å². The van der Waals surface area contributed by atoms with Gasteiger partial charge in [-0.3, -0.25) is 9.59 Å². The normalized spacial score (nSPS) is 15.9. The molecule has 4 aromatic rings. The lowest BCUT2D eigenvalue weighted by molar-refractivity contribution is -0.120. The Hall–Kier alpha value is -3.55. The van der Waals surface area contributed by atoms with Gasteiger partial charge in [0.1, 0.15) is 11.6 Å². The summed E-state index contributed by atoms with van der Waals surface area (Å²) in [6.07, 6.45) is 4.93. The number of aromatic nitrogens is 2. The van der Waals surface area contributed by atoms with Gasteiger partial charge in [-0.25, -0.2) is 9.37 Å². The van der Waals surface area contributed by atoms with Crippen molar-refractivity contribution in [3.8, 4) is 11.1 Å². The largest absolute Gasteiger partial charge is 0.360 e. The maximum absolute atomic E-state index is 13.6. The number of fused-ring (bicyclic) bond motifs is 1. The predicted octanol–water partition coefficient (Wildman–Crippen LogP) is 5.19. The van der Waals surface area contributed by atoms with Gasteiger partial charge in [-0.05, 0) is 55.3 Å². The molecule has 8 heteroatoms. The minimum atomic E-state index is -0.464. The fraction of sp³-hybridized carbons (Fsp3) is 0.192. The predicted molar refractivity (Wildman–Crippen MR) is 131 cm³/mol. The van der Waals surface area contributed by atoms with E-state index in [2.05, 4.69) is 20.6 Å². The molecule has 1 saturated heterocycles. The molecule has 1 aliphatic rings. The van der Waals surface area contributed by atoms with Gasteiger partial charge in [0.15, 0.2) is 5.78 Å². The molecule has 172 valence electrons. The highest BCUT2D eigenvalue weighted by Crippen LogP contribution is 2.33. The van der Waals surface area contributed by atoms with Crippen molar-refractivity contribution in [2.45, 2.75) is 12.8 Å². The first kappa shape index (κ1) is 22.3. The first-order valence-corrected chi connectivity index (χ1v) is 11.5. The molecule has 1 atom stereocenters. The Kier molecular flexibility index (Phi) is 6.13. The quantitative estimate of drug-likeness (QED) is 0.346. The molecule has 34 heavy (non-hydrogen) atoms. The van der Waals surface area contributed by atoms with Crippen LogP contribution in [0.1, 0.15) is 28.8 Å². The summed E-state index contributed by atoms with van der Waals surface area (Å²) in [5, 5.41) is 7.25. The number of hydrogen-bond acceptors (Lipinski definition) is 4. The van der Waals surface area contributed by atoms with Gasteiger partial charge < -0.3 is 15.6 Å². The number of halogens is 2. The average molecular weight is 477 g/mol. The number of aromatic amines is 1. The van der Waals surface area contributed by atoms with Crippen molar-refractivity contribution in [1.82, 2.24) is 15.3 Å². The fourth-order valence-corrected chi connectivity index (χ4v) is 4.51. The van der Waals surface area contributed by atoms with Crippen LogP contribution in [-0.4, -0.2) is 34.7 Å². The van der Waals surface area contributed by atoms with Gasteiger partial charge in [0.05, 0.1) is 10.9 Å². The summed E-state index contributed by atoms with van der Waals surface area (Å²) in [7, 11) is 0. The zero-order valence-electron chi connectivity index (χ0n) is 18.2. The van der Waals surface area contributed by atoms with E-state index in [1.807, 2.05) is 18.2 Å². The Morgan fingerprint density at radius 2 is 2.03 bits per heavy atom. The second kappa shape index (κ2) is 9.37. The maximum atomic E-state index is 13.6. The summed E-state index contributed by atoms with van der Waals surface area (Å²) >= 11 is 6.46. The number of hydrogen-bond donors (Lipinski definition) is 3. The molecule has 1 amide bonds. The Balaban J connectivity index is 1.47. The van der Waals surface area contributed by atoms with E-state index in [4.69, 9.17) is 11.6 Å². The summed E-state index contributed by atoms with van der Waals surface area (Å²) in [5.41, 5.74) is 2.93. The number of carbonyl (C=O) groups excluding carboxylic acids is 2. The summed E-state index contributed by atoms with van der Waals surface area (Å²) in [4.78, 5) is 33.0. The van der Waals surface area contributed by atoms with Crippen molar-refractivity contribution in [2.24, 2.45) is 5.92 Å². The van der Waals surface area contributed by atoms with Crippen molar-refractivity contribution < 1.29 is 14.0 Å². The number of pyridine rings is 1. The Morgan fingerprint density at radius 1 is 1.15 bits per heavy atom. The van der Waals surface area contributed by atoms with Gasteiger partial charge in [0.2, 0.25) is 5.91 Å². The number of nitrogens with one attached hydrogen (secondary N) is 3. The van der Waals surface area contributed by atoms with Gasteiger partial charge in [-0.2, -0.15) is 0 Å². The van der Waals surface area contributed by atoms with E-state index in [1.165, 1.54) is 24.4 Å². The minimum absolute atomic E-state index is 0.0722. The van der Waals surface area contributed by atoms with Crippen LogP contribution in [0.4, 0.5) is 10.2 Å². The molecule has 1 unspecified atom stereocenters. The number of benzene rings is 2. The molecular formula is C26H22ClFN4O2. The van der Waals surface area contributed by atoms with Gasteiger partial charge in [0.25, 0.3) is 0 Å². The number of piperidine rings is 1. The Labute approximate surface area is 200 Å². The van der Waals surface area contributed by atoms with E-state index in [1.54, 1.807) is 18.3 Å². The van der Waals surface area contributed by atoms with Gasteiger partial charge in [-0.1, -0.05) is 29.8 Å². The first-order chi connectivity index (χ1) is 16.5. The van der Waals surface area contributed by atoms with E-state index in [0.717, 1.165) is 30.5 Å². The lowest BCUT2D eigenvalue weighted by atomic mass is 9.98. The van der Waals surface area contributed by atoms with Crippen molar-refractivity contribution >= 4 is 40.0 Å². The number of ketones is 1. The molecule has 0 radical (unpaired) electrons. The zero-order chi connectivity index (χ0) is 23.7. The van der Waals surface area contributed by atoms with Gasteiger partial charge in [0, 0.05) is 46.5 Å². The van der Waals surface area contributed by atoms with Crippen LogP contribution in [-0.2, 0) is 4.79 Å². The molecule has 1 aliphatic heterocycles. The SMILES string of the molecule is O=C(c1cccc(F)c1)c1c[nH]c2ccc(-c3cc(NC(=O)C4CCCNC4)ncc3Cl)cc12. The zero-order valence-corrected chi connectivity index (χ0v) is 19.0. The molecule has 3 heterocycles. The van der Waals surface area contributed by atoms with Crippen molar-refractivity contribution in [2.75, 3.05) is 18.4 Å². The molecule has 0 aliphatic carbocycles. The van der Waals surface area contributed by atoms with E-state index in [9.17, 15) is 14.0 Å². The molecular weight excluding hydrogens is 455 g/mol. The van der Waals surface area contributed by atoms with E-state index in [0.29, 0.717) is 33.9 Å². The molecule has 1 fully saturated rings. The third kappa shape index (κ3) is 4.44. The smallest absolute Gasteiger partial charge is 0.229 e. The number of H-pyrrole nitrogens is 1. The average Bonchev–Trinajstić information content (AvgIpc) is 3.28. The van der Waals surface area contributed by atoms with Crippen molar-refractivity contribution in [3.05, 3.63) is 82.9 Å². The third-order valence-corrected chi connectivity index (χ3v) is 6.40. The van der Waals surface area contributed by atoms with Crippen molar-refractivity contribution in [3.63, 3.8) is 0 Å². The lowest BCUT2D eigenvalue weighted by Gasteiger charge is -2.21. The first-order valence-electron chi connectivity index (χ1n) is 11.1. The molecule has 2 aromatic heterocycles. The van der Waals surface area contributed by atoms with Crippen LogP contribution in [0.25, 0.3) is 22.0 Å². The van der Waals surface area contributed by atoms with Crippen LogP contribution in [0.15, 0.2) is 60.9 Å². The number of nitrogens with zero attached hydrogens (tertiary/aromatic N) is 1. The number of rotatable bonds is 5. The number of anilines is 1. The van der Waals surface area contributed by atoms with Gasteiger partial charge in [-0.15, -0.1) is 0 Å². The third-order valence-electron chi connectivity index (χ3n) is 6.10. The second-order valence-electron chi connectivity index (χ2n) is 8.38. The van der Waals surface area contributed by atoms with E-state index >= 15 is 0 Å². The summed E-state index contributed by atoms with van der Waals surface area (Å²) in [5.74, 6) is -0.495. The van der Waals surface area contributed by atoms with Crippen LogP contribution < -0.4 is 10.6 Å². The summed E-state index contributed by atoms with van der Waals surface area (Å²) in [6, 6.07) is 13.0. The maximum Gasteiger partial charge on any atom is 0.229 e. The number of amides is 1. The molecule has 2 aromatic carbocycles. The van der Waals surface area contributed by atoms with Crippen LogP contribution in [0.2, 0.25) is 5.02 Å². The minimum Gasteiger partial charge on any atom is -0.360 e. The summed E-state index contributed by atoms with van der Waals surface area (Å²) in [6.45, 7) is 1.58. The molecule has 0 bridgehead atoms. The molecule has 6 nitrogen and oxygen atoms in total. The van der Waals surface area contributed by atoms with Gasteiger partial charge >= 0.3 is 0 Å². The standard InChI is InChI=1S/C26H22ClFN4O2/c27-22-14-31-24(32-26(34)17-4-2-8-29-12-17)11-19(22)15-6-7-23-20(10-15)21(13-30-23)25(33)16-3-1-5-18(28)9-16/h1,3,5-7,9-11,13-14,17,29-30H,2,4,8,12H2,(H,31,32,34). The molecule has 5 rings (SSSR count). The van der Waals surface area contributed by atoms with Crippen LogP contribution in [0, 0.1) is 11.7 Å². The van der Waals surface area contributed by atoms with Crippen LogP contribution in [0.3, 0.4) is 0 Å². The highest BCUT2D eigenvalue weighted by molar-refractivity contribution is 6.33. The fourth-order valence-electron chi connectivity index (χ4n) is 4.29. The van der Waals surface area contributed by atoms with Crippen LogP contribution in [0.5, 0.6) is 0 Å². The topological polar surface area (TPSA) is 86.9 Å². The second-order valence-corrected chi connectivity index (χ2v) is 8.79. The number of carbonyl (C=O) groups is 2. The van der Waals surface area contributed by atoms with E-state index < -0.39 is 5.82 Å². The molecule has 0 saturated carbocycles. The summed E-state index contributed by atoms with van der Waals surface area (Å²) < 4.78 is 13.6. The Morgan fingerprint density at radius 3 is 2.82 bits per heavy atom. The highest BCUT2D eigenvalue weighted by Gasteiger charge is 2.22. The molecule has 3 N–H and O–H groups in total. The van der Waals surface area contributed by atoms with E-state index in [-0.39, 0.29) is 23.2 Å². The Bertz CT molecular complexity index is 1390. The lowest BCUT2D eigenvalue weighted by Crippen LogP contribution is -2.37. The highest BCUT2D eigenvalue weighted by atomic mass is 35.5. The molecule has 0 spiro atoms. The monoisotopic (exact) mass is 476 g/mol.